The smallest absolute Gasteiger partial charge is 0.224 e. The number of anilines is 1. The fraction of sp³-hybridized carbons (Fsp3) is 0.400. The highest BCUT2D eigenvalue weighted by molar-refractivity contribution is 6.31. The molecule has 0 aromatic heterocycles. The third-order valence-corrected chi connectivity index (χ3v) is 3.12. The largest absolute Gasteiger partial charge is 0.395 e. The van der Waals surface area contributed by atoms with E-state index in [0.717, 1.165) is 18.4 Å². The Morgan fingerprint density at radius 3 is 2.95 bits per heavy atom. The van der Waals surface area contributed by atoms with Crippen LogP contribution in [-0.2, 0) is 4.79 Å². The second kappa shape index (κ2) is 6.60. The van der Waals surface area contributed by atoms with E-state index in [0.29, 0.717) is 29.5 Å². The van der Waals surface area contributed by atoms with E-state index in [-0.39, 0.29) is 12.5 Å². The molecule has 1 fully saturated rings. The number of hydrogen-bond donors (Lipinski definition) is 2. The molecule has 0 bridgehead atoms. The fourth-order valence-corrected chi connectivity index (χ4v) is 1.90. The minimum absolute atomic E-state index is 0.00924. The van der Waals surface area contributed by atoms with E-state index in [4.69, 9.17) is 16.7 Å². The molecule has 0 spiro atoms. The van der Waals surface area contributed by atoms with Crippen LogP contribution in [0.25, 0.3) is 0 Å². The van der Waals surface area contributed by atoms with Gasteiger partial charge in [-0.2, -0.15) is 0 Å². The van der Waals surface area contributed by atoms with Crippen LogP contribution in [0.15, 0.2) is 18.2 Å². The van der Waals surface area contributed by atoms with Crippen LogP contribution >= 0.6 is 11.6 Å². The van der Waals surface area contributed by atoms with Crippen LogP contribution in [0.2, 0.25) is 5.02 Å². The van der Waals surface area contributed by atoms with Gasteiger partial charge in [0.1, 0.15) is 0 Å². The summed E-state index contributed by atoms with van der Waals surface area (Å²) in [6.07, 6.45) is 3.27. The zero-order valence-electron chi connectivity index (χ0n) is 10.6. The van der Waals surface area contributed by atoms with Gasteiger partial charge in [-0.05, 0) is 37.0 Å². The van der Waals surface area contributed by atoms with Crippen LogP contribution < -0.4 is 5.32 Å². The van der Waals surface area contributed by atoms with Crippen LogP contribution in [0.4, 0.5) is 5.69 Å². The van der Waals surface area contributed by atoms with Crippen LogP contribution in [0, 0.1) is 17.8 Å². The minimum atomic E-state index is 0.00924. The van der Waals surface area contributed by atoms with E-state index >= 15 is 0 Å². The van der Waals surface area contributed by atoms with Crippen LogP contribution in [0.1, 0.15) is 31.2 Å². The third kappa shape index (κ3) is 4.59. The van der Waals surface area contributed by atoms with Crippen molar-refractivity contribution in [3.8, 4) is 11.8 Å². The summed E-state index contributed by atoms with van der Waals surface area (Å²) in [6, 6.07) is 5.22. The van der Waals surface area contributed by atoms with E-state index in [9.17, 15) is 4.79 Å². The first-order valence-electron chi connectivity index (χ1n) is 6.38. The van der Waals surface area contributed by atoms with Crippen molar-refractivity contribution in [2.45, 2.75) is 25.7 Å². The van der Waals surface area contributed by atoms with Crippen molar-refractivity contribution in [2.24, 2.45) is 5.92 Å². The average molecular weight is 278 g/mol. The molecule has 0 heterocycles. The van der Waals surface area contributed by atoms with Gasteiger partial charge in [-0.15, -0.1) is 0 Å². The van der Waals surface area contributed by atoms with Gasteiger partial charge in [0.25, 0.3) is 0 Å². The summed E-state index contributed by atoms with van der Waals surface area (Å²) in [4.78, 5) is 11.8. The highest BCUT2D eigenvalue weighted by atomic mass is 35.5. The summed E-state index contributed by atoms with van der Waals surface area (Å²) in [6.45, 7) is 0.0317. The maximum Gasteiger partial charge on any atom is 0.224 e. The van der Waals surface area contributed by atoms with Gasteiger partial charge in [-0.3, -0.25) is 4.79 Å². The molecule has 0 saturated heterocycles. The summed E-state index contributed by atoms with van der Waals surface area (Å²) >= 11 is 5.94. The average Bonchev–Trinajstić information content (AvgIpc) is 3.16. The molecule has 0 atom stereocenters. The third-order valence-electron chi connectivity index (χ3n) is 2.89. The number of nitrogens with one attached hydrogen (secondary N) is 1. The number of aliphatic hydroxyl groups excluding tert-OH is 1. The van der Waals surface area contributed by atoms with E-state index in [1.54, 1.807) is 18.2 Å². The predicted octanol–water partition coefficient (Wildman–Crippen LogP) is 2.81. The lowest BCUT2D eigenvalue weighted by atomic mass is 10.1. The summed E-state index contributed by atoms with van der Waals surface area (Å²) in [5.41, 5.74) is 1.37. The monoisotopic (exact) mass is 277 g/mol. The second-order valence-electron chi connectivity index (χ2n) is 4.66. The molecular formula is C15H16ClNO2. The molecule has 0 aliphatic heterocycles. The van der Waals surface area contributed by atoms with Crippen molar-refractivity contribution in [1.82, 2.24) is 0 Å². The lowest BCUT2D eigenvalue weighted by Gasteiger charge is -2.07. The van der Waals surface area contributed by atoms with E-state index in [1.165, 1.54) is 0 Å². The molecule has 1 aromatic carbocycles. The number of halogens is 1. The zero-order chi connectivity index (χ0) is 13.7. The predicted molar refractivity (Wildman–Crippen MR) is 76.0 cm³/mol. The highest BCUT2D eigenvalue weighted by Crippen LogP contribution is 2.32. The lowest BCUT2D eigenvalue weighted by Crippen LogP contribution is -2.12. The maximum atomic E-state index is 11.8. The molecule has 4 heteroatoms. The summed E-state index contributed by atoms with van der Waals surface area (Å²) < 4.78 is 0. The van der Waals surface area contributed by atoms with E-state index < -0.39 is 0 Å². The molecule has 0 radical (unpaired) electrons. The summed E-state index contributed by atoms with van der Waals surface area (Å²) in [5.74, 6) is 6.33. The fourth-order valence-electron chi connectivity index (χ4n) is 1.73. The molecular weight excluding hydrogens is 262 g/mol. The SMILES string of the molecule is O=C(CC1CC1)Nc1cc(Cl)ccc1C#CCCO. The van der Waals surface area contributed by atoms with Gasteiger partial charge >= 0.3 is 0 Å². The Bertz CT molecular complexity index is 527. The molecule has 3 nitrogen and oxygen atoms in total. The number of carbonyl (C=O) groups is 1. The van der Waals surface area contributed by atoms with Crippen molar-refractivity contribution in [3.63, 3.8) is 0 Å². The van der Waals surface area contributed by atoms with Gasteiger partial charge in [-0.25, -0.2) is 0 Å². The molecule has 19 heavy (non-hydrogen) atoms. The molecule has 100 valence electrons. The van der Waals surface area contributed by atoms with Crippen molar-refractivity contribution >= 4 is 23.2 Å². The van der Waals surface area contributed by atoms with Crippen molar-refractivity contribution in [1.29, 1.82) is 0 Å². The summed E-state index contributed by atoms with van der Waals surface area (Å²) in [5, 5.41) is 12.1. The Morgan fingerprint density at radius 1 is 1.47 bits per heavy atom. The van der Waals surface area contributed by atoms with Gasteiger partial charge in [0.2, 0.25) is 5.91 Å². The molecule has 1 aromatic rings. The number of amides is 1. The Labute approximate surface area is 118 Å². The van der Waals surface area contributed by atoms with Crippen LogP contribution in [-0.4, -0.2) is 17.6 Å². The Morgan fingerprint density at radius 2 is 2.26 bits per heavy atom. The lowest BCUT2D eigenvalue weighted by molar-refractivity contribution is -0.116. The topological polar surface area (TPSA) is 49.3 Å². The molecule has 1 saturated carbocycles. The highest BCUT2D eigenvalue weighted by Gasteiger charge is 2.24. The Balaban J connectivity index is 2.09. The van der Waals surface area contributed by atoms with E-state index in [2.05, 4.69) is 17.2 Å². The zero-order valence-corrected chi connectivity index (χ0v) is 11.3. The van der Waals surface area contributed by atoms with Crippen LogP contribution in [0.5, 0.6) is 0 Å². The number of hydrogen-bond acceptors (Lipinski definition) is 2. The van der Waals surface area contributed by atoms with Crippen LogP contribution in [0.3, 0.4) is 0 Å². The Hall–Kier alpha value is -1.50. The molecule has 2 N–H and O–H groups in total. The first-order valence-corrected chi connectivity index (χ1v) is 6.76. The van der Waals surface area contributed by atoms with Gasteiger partial charge in [0.05, 0.1) is 12.3 Å². The maximum absolute atomic E-state index is 11.8. The van der Waals surface area contributed by atoms with Crippen molar-refractivity contribution < 1.29 is 9.90 Å². The van der Waals surface area contributed by atoms with Gasteiger partial charge in [-0.1, -0.05) is 23.4 Å². The normalized spacial score (nSPS) is 13.6. The molecule has 2 rings (SSSR count). The first kappa shape index (κ1) is 13.9. The Kier molecular flexibility index (Phi) is 4.84. The summed E-state index contributed by atoms with van der Waals surface area (Å²) in [7, 11) is 0. The minimum Gasteiger partial charge on any atom is -0.395 e. The molecule has 1 amide bonds. The first-order chi connectivity index (χ1) is 9.19. The van der Waals surface area contributed by atoms with Gasteiger partial charge in [0.15, 0.2) is 0 Å². The van der Waals surface area contributed by atoms with Crippen molar-refractivity contribution in [2.75, 3.05) is 11.9 Å². The van der Waals surface area contributed by atoms with E-state index in [1.807, 2.05) is 0 Å². The second-order valence-corrected chi connectivity index (χ2v) is 5.10. The molecule has 0 unspecified atom stereocenters. The number of carbonyl (C=O) groups excluding carboxylic acids is 1. The number of aliphatic hydroxyl groups is 1. The van der Waals surface area contributed by atoms with Crippen molar-refractivity contribution in [3.05, 3.63) is 28.8 Å². The standard InChI is InChI=1S/C15H16ClNO2/c16-13-7-6-12(3-1-2-8-18)14(10-13)17-15(19)9-11-4-5-11/h6-7,10-11,18H,2,4-5,8-9H2,(H,17,19). The number of rotatable bonds is 4. The van der Waals surface area contributed by atoms with Gasteiger partial charge < -0.3 is 10.4 Å². The number of benzene rings is 1. The molecule has 1 aliphatic rings. The quantitative estimate of drug-likeness (QED) is 0.832. The van der Waals surface area contributed by atoms with Gasteiger partial charge in [0, 0.05) is 23.4 Å². The molecule has 1 aliphatic carbocycles.